The van der Waals surface area contributed by atoms with Crippen molar-refractivity contribution < 1.29 is 0 Å². The van der Waals surface area contributed by atoms with Crippen LogP contribution < -0.4 is 0 Å². The van der Waals surface area contributed by atoms with Gasteiger partial charge in [-0.2, -0.15) is 0 Å². The van der Waals surface area contributed by atoms with E-state index in [0.717, 1.165) is 29.2 Å². The first-order valence-electron chi connectivity index (χ1n) is 8.67. The number of nitrogens with zero attached hydrogens (tertiary/aromatic N) is 5. The Morgan fingerprint density at radius 2 is 1.52 bits per heavy atom. The normalized spacial score (nSPS) is 10.4. The molecule has 0 saturated heterocycles. The molecule has 130 valence electrons. The predicted octanol–water partition coefficient (Wildman–Crippen LogP) is 6.07. The van der Waals surface area contributed by atoms with Crippen LogP contribution in [-0.4, -0.2) is 9.55 Å². The summed E-state index contributed by atoms with van der Waals surface area (Å²) in [4.78, 5) is 7.83. The number of benzene rings is 3. The molecule has 0 aliphatic heterocycles. The van der Waals surface area contributed by atoms with Gasteiger partial charge in [0.1, 0.15) is 5.82 Å². The summed E-state index contributed by atoms with van der Waals surface area (Å²) in [6.45, 7) is 0. The fraction of sp³-hybridized carbons (Fsp3) is 0.0455. The zero-order valence-electron chi connectivity index (χ0n) is 14.6. The van der Waals surface area contributed by atoms with E-state index in [1.165, 1.54) is 5.56 Å². The zero-order valence-corrected chi connectivity index (χ0v) is 14.6. The molecule has 27 heavy (non-hydrogen) atoms. The first-order valence-corrected chi connectivity index (χ1v) is 8.67. The lowest BCUT2D eigenvalue weighted by Gasteiger charge is -2.09. The third kappa shape index (κ3) is 3.59. The van der Waals surface area contributed by atoms with Crippen LogP contribution in [0, 0.1) is 0 Å². The Morgan fingerprint density at radius 3 is 2.26 bits per heavy atom. The minimum absolute atomic E-state index is 0.564. The SMILES string of the molecule is [N-]=[N+]=Nc1ccccc1-c1nc(Cc2ccccc2)cn1-c1ccccc1. The fourth-order valence-electron chi connectivity index (χ4n) is 3.09. The first-order chi connectivity index (χ1) is 13.3. The lowest BCUT2D eigenvalue weighted by Crippen LogP contribution is -1.95. The van der Waals surface area contributed by atoms with Gasteiger partial charge in [0.25, 0.3) is 0 Å². The van der Waals surface area contributed by atoms with Crippen LogP contribution in [0.25, 0.3) is 27.5 Å². The van der Waals surface area contributed by atoms with Gasteiger partial charge in [-0.05, 0) is 23.2 Å². The quantitative estimate of drug-likeness (QED) is 0.244. The average molecular weight is 351 g/mol. The molecule has 5 nitrogen and oxygen atoms in total. The van der Waals surface area contributed by atoms with Gasteiger partial charge in [0.15, 0.2) is 0 Å². The zero-order chi connectivity index (χ0) is 18.5. The van der Waals surface area contributed by atoms with E-state index in [0.29, 0.717) is 5.69 Å². The van der Waals surface area contributed by atoms with Crippen LogP contribution in [0.5, 0.6) is 0 Å². The van der Waals surface area contributed by atoms with Crippen LogP contribution in [-0.2, 0) is 6.42 Å². The standard InChI is InChI=1S/C22H17N5/c23-26-25-21-14-8-7-13-20(21)22-24-18(15-17-9-3-1-4-10-17)16-27(22)19-11-5-2-6-12-19/h1-14,16H,15H2. The first kappa shape index (κ1) is 16.6. The van der Waals surface area contributed by atoms with Gasteiger partial charge in [-0.25, -0.2) is 4.98 Å². The summed E-state index contributed by atoms with van der Waals surface area (Å²) in [6, 6.07) is 27.8. The summed E-state index contributed by atoms with van der Waals surface area (Å²) >= 11 is 0. The van der Waals surface area contributed by atoms with Crippen LogP contribution in [0.15, 0.2) is 96.2 Å². The molecule has 0 saturated carbocycles. The van der Waals surface area contributed by atoms with E-state index in [2.05, 4.69) is 22.2 Å². The van der Waals surface area contributed by atoms with Crippen molar-refractivity contribution in [3.63, 3.8) is 0 Å². The van der Waals surface area contributed by atoms with Gasteiger partial charge in [0.2, 0.25) is 0 Å². The van der Waals surface area contributed by atoms with Gasteiger partial charge in [0, 0.05) is 34.5 Å². The summed E-state index contributed by atoms with van der Waals surface area (Å²) in [5.41, 5.74) is 13.4. The fourth-order valence-corrected chi connectivity index (χ4v) is 3.09. The lowest BCUT2D eigenvalue weighted by atomic mass is 10.1. The molecular formula is C22H17N5. The predicted molar refractivity (Wildman–Crippen MR) is 107 cm³/mol. The van der Waals surface area contributed by atoms with Crippen molar-refractivity contribution in [2.45, 2.75) is 6.42 Å². The Kier molecular flexibility index (Phi) is 4.68. The van der Waals surface area contributed by atoms with Gasteiger partial charge >= 0.3 is 0 Å². The molecule has 0 atom stereocenters. The van der Waals surface area contributed by atoms with Crippen LogP contribution in [0.1, 0.15) is 11.3 Å². The molecule has 0 spiro atoms. The number of hydrogen-bond donors (Lipinski definition) is 0. The van der Waals surface area contributed by atoms with E-state index in [1.54, 1.807) is 6.07 Å². The van der Waals surface area contributed by atoms with E-state index in [4.69, 9.17) is 10.5 Å². The molecule has 3 aromatic carbocycles. The van der Waals surface area contributed by atoms with E-state index < -0.39 is 0 Å². The average Bonchev–Trinajstić information content (AvgIpc) is 3.14. The van der Waals surface area contributed by atoms with Crippen LogP contribution in [0.3, 0.4) is 0 Å². The third-order valence-electron chi connectivity index (χ3n) is 4.32. The summed E-state index contributed by atoms with van der Waals surface area (Å²) in [5.74, 6) is 0.759. The number of aromatic nitrogens is 2. The Hall–Kier alpha value is -3.82. The highest BCUT2D eigenvalue weighted by atomic mass is 15.1. The van der Waals surface area contributed by atoms with Gasteiger partial charge < -0.3 is 0 Å². The number of para-hydroxylation sites is 1. The topological polar surface area (TPSA) is 66.6 Å². The third-order valence-corrected chi connectivity index (χ3v) is 4.32. The molecule has 0 amide bonds. The molecule has 4 rings (SSSR count). The van der Waals surface area contributed by atoms with Crippen molar-refractivity contribution in [2.24, 2.45) is 5.11 Å². The Morgan fingerprint density at radius 1 is 0.852 bits per heavy atom. The largest absolute Gasteiger partial charge is 0.299 e. The van der Waals surface area contributed by atoms with Crippen molar-refractivity contribution >= 4 is 5.69 Å². The maximum absolute atomic E-state index is 8.91. The maximum atomic E-state index is 8.91. The van der Waals surface area contributed by atoms with Crippen molar-refractivity contribution in [1.29, 1.82) is 0 Å². The molecule has 1 heterocycles. The minimum atomic E-state index is 0.564. The van der Waals surface area contributed by atoms with Crippen LogP contribution in [0.4, 0.5) is 5.69 Å². The van der Waals surface area contributed by atoms with E-state index >= 15 is 0 Å². The van der Waals surface area contributed by atoms with Gasteiger partial charge in [-0.15, -0.1) is 0 Å². The van der Waals surface area contributed by atoms with Gasteiger partial charge in [-0.3, -0.25) is 4.57 Å². The number of azide groups is 1. The molecule has 0 N–H and O–H groups in total. The summed E-state index contributed by atoms with van der Waals surface area (Å²) < 4.78 is 2.05. The summed E-state index contributed by atoms with van der Waals surface area (Å²) in [7, 11) is 0. The Labute approximate surface area is 157 Å². The monoisotopic (exact) mass is 351 g/mol. The lowest BCUT2D eigenvalue weighted by molar-refractivity contribution is 1.07. The molecule has 0 radical (unpaired) electrons. The summed E-state index contributed by atoms with van der Waals surface area (Å²) in [5, 5.41) is 3.84. The maximum Gasteiger partial charge on any atom is 0.145 e. The smallest absolute Gasteiger partial charge is 0.145 e. The molecule has 0 fully saturated rings. The van der Waals surface area contributed by atoms with Crippen molar-refractivity contribution in [3.8, 4) is 17.1 Å². The molecule has 0 aliphatic carbocycles. The highest BCUT2D eigenvalue weighted by Gasteiger charge is 2.14. The molecule has 1 aromatic heterocycles. The van der Waals surface area contributed by atoms with Crippen molar-refractivity contribution in [2.75, 3.05) is 0 Å². The van der Waals surface area contributed by atoms with Crippen LogP contribution >= 0.6 is 0 Å². The van der Waals surface area contributed by atoms with Gasteiger partial charge in [0.05, 0.1) is 5.69 Å². The molecule has 0 aliphatic rings. The second kappa shape index (κ2) is 7.60. The number of rotatable bonds is 5. The molecule has 0 bridgehead atoms. The number of hydrogen-bond acceptors (Lipinski definition) is 2. The molecule has 5 heteroatoms. The summed E-state index contributed by atoms with van der Waals surface area (Å²) in [6.07, 6.45) is 2.78. The second-order valence-corrected chi connectivity index (χ2v) is 6.13. The van der Waals surface area contributed by atoms with Crippen LogP contribution in [0.2, 0.25) is 0 Å². The minimum Gasteiger partial charge on any atom is -0.299 e. The van der Waals surface area contributed by atoms with Crippen molar-refractivity contribution in [1.82, 2.24) is 9.55 Å². The Bertz CT molecular complexity index is 1090. The van der Waals surface area contributed by atoms with E-state index in [-0.39, 0.29) is 0 Å². The van der Waals surface area contributed by atoms with E-state index in [1.807, 2.05) is 77.5 Å². The van der Waals surface area contributed by atoms with Gasteiger partial charge in [-0.1, -0.05) is 77.9 Å². The molecular weight excluding hydrogens is 334 g/mol. The number of imidazole rings is 1. The van der Waals surface area contributed by atoms with E-state index in [9.17, 15) is 0 Å². The highest BCUT2D eigenvalue weighted by Crippen LogP contribution is 2.31. The highest BCUT2D eigenvalue weighted by molar-refractivity contribution is 5.72. The second-order valence-electron chi connectivity index (χ2n) is 6.13. The Balaban J connectivity index is 1.86. The molecule has 0 unspecified atom stereocenters. The van der Waals surface area contributed by atoms with Crippen molar-refractivity contribution in [3.05, 3.63) is 113 Å². The molecule has 4 aromatic rings.